The van der Waals surface area contributed by atoms with Crippen molar-refractivity contribution in [3.63, 3.8) is 0 Å². The minimum atomic E-state index is -0.0377. The standard InChI is InChI=1S/C16H22N6O/c23-16-9-8-15(21-11-17-10-18-21)20-22(16)14-6-4-13(5-7-14)19-12-2-1-3-12/h8-14,19H,1-7H2. The fraction of sp³-hybridized carbons (Fsp3) is 0.625. The molecule has 2 aromatic rings. The summed E-state index contributed by atoms with van der Waals surface area (Å²) in [6, 6.07) is 4.78. The first-order valence-corrected chi connectivity index (χ1v) is 8.50. The highest BCUT2D eigenvalue weighted by Crippen LogP contribution is 2.29. The Bertz CT molecular complexity index is 698. The van der Waals surface area contributed by atoms with Gasteiger partial charge in [0.05, 0.1) is 6.04 Å². The normalized spacial score (nSPS) is 25.2. The van der Waals surface area contributed by atoms with Crippen LogP contribution in [-0.2, 0) is 0 Å². The average Bonchev–Trinajstić information content (AvgIpc) is 3.07. The van der Waals surface area contributed by atoms with Crippen molar-refractivity contribution in [2.75, 3.05) is 0 Å². The zero-order valence-electron chi connectivity index (χ0n) is 13.1. The van der Waals surface area contributed by atoms with E-state index in [1.807, 2.05) is 0 Å². The third-order valence-electron chi connectivity index (χ3n) is 5.08. The van der Waals surface area contributed by atoms with Crippen LogP contribution < -0.4 is 10.9 Å². The molecule has 0 aromatic carbocycles. The van der Waals surface area contributed by atoms with Crippen molar-refractivity contribution >= 4 is 0 Å². The lowest BCUT2D eigenvalue weighted by Crippen LogP contribution is -2.44. The van der Waals surface area contributed by atoms with E-state index < -0.39 is 0 Å². The van der Waals surface area contributed by atoms with Gasteiger partial charge in [-0.25, -0.2) is 14.3 Å². The predicted molar refractivity (Wildman–Crippen MR) is 85.5 cm³/mol. The Hall–Kier alpha value is -2.02. The first kappa shape index (κ1) is 14.6. The van der Waals surface area contributed by atoms with Crippen LogP contribution in [0.2, 0.25) is 0 Å². The smallest absolute Gasteiger partial charge is 0.267 e. The van der Waals surface area contributed by atoms with Crippen LogP contribution in [0, 0.1) is 0 Å². The molecule has 0 atom stereocenters. The summed E-state index contributed by atoms with van der Waals surface area (Å²) >= 11 is 0. The Morgan fingerprint density at radius 2 is 1.83 bits per heavy atom. The fourth-order valence-corrected chi connectivity index (χ4v) is 3.52. The van der Waals surface area contributed by atoms with Gasteiger partial charge in [0, 0.05) is 18.2 Å². The van der Waals surface area contributed by atoms with Crippen molar-refractivity contribution in [2.24, 2.45) is 0 Å². The lowest BCUT2D eigenvalue weighted by molar-refractivity contribution is 0.225. The third kappa shape index (κ3) is 3.06. The van der Waals surface area contributed by atoms with E-state index >= 15 is 0 Å². The van der Waals surface area contributed by atoms with Gasteiger partial charge < -0.3 is 5.32 Å². The van der Waals surface area contributed by atoms with E-state index in [-0.39, 0.29) is 11.6 Å². The SMILES string of the molecule is O=c1ccc(-n2cncn2)nn1C1CCC(NC2CCC2)CC1. The molecule has 0 unspecified atom stereocenters. The van der Waals surface area contributed by atoms with E-state index in [0.717, 1.165) is 31.7 Å². The molecule has 2 heterocycles. The van der Waals surface area contributed by atoms with Crippen LogP contribution in [0.1, 0.15) is 51.0 Å². The number of aromatic nitrogens is 5. The Kier molecular flexibility index (Phi) is 3.95. The molecule has 7 heteroatoms. The zero-order valence-corrected chi connectivity index (χ0v) is 13.1. The minimum Gasteiger partial charge on any atom is -0.311 e. The van der Waals surface area contributed by atoms with Crippen LogP contribution in [-0.4, -0.2) is 36.6 Å². The van der Waals surface area contributed by atoms with Crippen molar-refractivity contribution in [2.45, 2.75) is 63.1 Å². The van der Waals surface area contributed by atoms with E-state index in [2.05, 4.69) is 20.5 Å². The van der Waals surface area contributed by atoms with E-state index in [0.29, 0.717) is 11.9 Å². The molecular weight excluding hydrogens is 292 g/mol. The van der Waals surface area contributed by atoms with Gasteiger partial charge in [-0.3, -0.25) is 4.79 Å². The Morgan fingerprint density at radius 1 is 1.04 bits per heavy atom. The molecule has 2 aliphatic rings. The van der Waals surface area contributed by atoms with E-state index in [1.54, 1.807) is 27.8 Å². The molecule has 7 nitrogen and oxygen atoms in total. The number of nitrogens with one attached hydrogen (secondary N) is 1. The number of rotatable bonds is 4. The zero-order chi connectivity index (χ0) is 15.6. The van der Waals surface area contributed by atoms with Crippen LogP contribution in [0.4, 0.5) is 0 Å². The highest BCUT2D eigenvalue weighted by Gasteiger charge is 2.27. The summed E-state index contributed by atoms with van der Waals surface area (Å²) in [5.74, 6) is 0.636. The summed E-state index contributed by atoms with van der Waals surface area (Å²) in [6.45, 7) is 0. The van der Waals surface area contributed by atoms with Gasteiger partial charge in [-0.05, 0) is 44.6 Å². The highest BCUT2D eigenvalue weighted by molar-refractivity contribution is 5.16. The predicted octanol–water partition coefficient (Wildman–Crippen LogP) is 1.45. The molecule has 122 valence electrons. The second kappa shape index (κ2) is 6.23. The number of nitrogens with zero attached hydrogens (tertiary/aromatic N) is 5. The molecule has 0 saturated heterocycles. The quantitative estimate of drug-likeness (QED) is 0.924. The molecule has 2 aliphatic carbocycles. The maximum Gasteiger partial charge on any atom is 0.267 e. The Labute approximate surface area is 134 Å². The molecule has 4 rings (SSSR count). The van der Waals surface area contributed by atoms with E-state index in [1.165, 1.54) is 25.6 Å². The van der Waals surface area contributed by atoms with Crippen molar-refractivity contribution in [1.29, 1.82) is 0 Å². The summed E-state index contributed by atoms with van der Waals surface area (Å²) in [5.41, 5.74) is -0.0377. The third-order valence-corrected chi connectivity index (χ3v) is 5.08. The fourth-order valence-electron chi connectivity index (χ4n) is 3.52. The largest absolute Gasteiger partial charge is 0.311 e. The molecule has 1 N–H and O–H groups in total. The van der Waals surface area contributed by atoms with E-state index in [4.69, 9.17) is 0 Å². The molecule has 0 radical (unpaired) electrons. The molecule has 23 heavy (non-hydrogen) atoms. The van der Waals surface area contributed by atoms with Gasteiger partial charge in [0.1, 0.15) is 12.7 Å². The Morgan fingerprint density at radius 3 is 2.48 bits per heavy atom. The van der Waals surface area contributed by atoms with Crippen LogP contribution in [0.25, 0.3) is 5.82 Å². The molecule has 2 fully saturated rings. The van der Waals surface area contributed by atoms with Crippen molar-refractivity contribution in [3.8, 4) is 5.82 Å². The van der Waals surface area contributed by atoms with Gasteiger partial charge in [0.15, 0.2) is 5.82 Å². The summed E-state index contributed by atoms with van der Waals surface area (Å²) in [5, 5.41) is 12.3. The molecule has 2 saturated carbocycles. The molecular formula is C16H22N6O. The van der Waals surface area contributed by atoms with Crippen LogP contribution in [0.15, 0.2) is 29.6 Å². The van der Waals surface area contributed by atoms with Gasteiger partial charge in [0.25, 0.3) is 5.56 Å². The second-order valence-electron chi connectivity index (χ2n) is 6.61. The molecule has 0 amide bonds. The molecule has 0 bridgehead atoms. The average molecular weight is 314 g/mol. The first-order valence-electron chi connectivity index (χ1n) is 8.50. The molecule has 0 aliphatic heterocycles. The van der Waals surface area contributed by atoms with Crippen molar-refractivity contribution in [3.05, 3.63) is 35.1 Å². The number of hydrogen-bond donors (Lipinski definition) is 1. The number of hydrogen-bond acceptors (Lipinski definition) is 5. The Balaban J connectivity index is 1.46. The molecule has 0 spiro atoms. The van der Waals surface area contributed by atoms with Gasteiger partial charge >= 0.3 is 0 Å². The van der Waals surface area contributed by atoms with Gasteiger partial charge in [-0.1, -0.05) is 6.42 Å². The van der Waals surface area contributed by atoms with Crippen molar-refractivity contribution < 1.29 is 0 Å². The topological polar surface area (TPSA) is 77.6 Å². The highest BCUT2D eigenvalue weighted by atomic mass is 16.1. The van der Waals surface area contributed by atoms with Crippen LogP contribution in [0.3, 0.4) is 0 Å². The maximum atomic E-state index is 12.2. The summed E-state index contributed by atoms with van der Waals surface area (Å²) in [6.07, 6.45) is 11.3. The lowest BCUT2D eigenvalue weighted by Gasteiger charge is -2.35. The van der Waals surface area contributed by atoms with Gasteiger partial charge in [-0.15, -0.1) is 5.10 Å². The minimum absolute atomic E-state index is 0.0377. The summed E-state index contributed by atoms with van der Waals surface area (Å²) < 4.78 is 3.22. The lowest BCUT2D eigenvalue weighted by atomic mass is 9.87. The van der Waals surface area contributed by atoms with E-state index in [9.17, 15) is 4.79 Å². The summed E-state index contributed by atoms with van der Waals surface area (Å²) in [7, 11) is 0. The van der Waals surface area contributed by atoms with Gasteiger partial charge in [-0.2, -0.15) is 5.10 Å². The molecule has 2 aromatic heterocycles. The van der Waals surface area contributed by atoms with Crippen molar-refractivity contribution in [1.82, 2.24) is 29.9 Å². The first-order chi connectivity index (χ1) is 11.3. The maximum absolute atomic E-state index is 12.2. The summed E-state index contributed by atoms with van der Waals surface area (Å²) in [4.78, 5) is 16.1. The van der Waals surface area contributed by atoms with Crippen LogP contribution >= 0.6 is 0 Å². The van der Waals surface area contributed by atoms with Crippen LogP contribution in [0.5, 0.6) is 0 Å². The monoisotopic (exact) mass is 314 g/mol. The second-order valence-corrected chi connectivity index (χ2v) is 6.61. The van der Waals surface area contributed by atoms with Gasteiger partial charge in [0.2, 0.25) is 0 Å².